The number of hydrogen-bond acceptors (Lipinski definition) is 3. The molecule has 0 bridgehead atoms. The molecule has 0 aliphatic carbocycles. The predicted molar refractivity (Wildman–Crippen MR) is 79.0 cm³/mol. The van der Waals surface area contributed by atoms with Gasteiger partial charge in [0.2, 0.25) is 0 Å². The summed E-state index contributed by atoms with van der Waals surface area (Å²) >= 11 is 0. The van der Waals surface area contributed by atoms with Gasteiger partial charge in [0.05, 0.1) is 18.7 Å². The maximum atomic E-state index is 12.4. The van der Waals surface area contributed by atoms with E-state index in [2.05, 4.69) is 18.7 Å². The number of carbonyl (C=O) groups excluding carboxylic acids is 1. The van der Waals surface area contributed by atoms with Crippen LogP contribution in [-0.4, -0.2) is 36.9 Å². The van der Waals surface area contributed by atoms with Crippen LogP contribution in [0.5, 0.6) is 5.75 Å². The molecule has 0 aromatic heterocycles. The molecule has 0 saturated heterocycles. The summed E-state index contributed by atoms with van der Waals surface area (Å²) in [5, 5.41) is 0. The van der Waals surface area contributed by atoms with E-state index in [1.807, 2.05) is 31.2 Å². The van der Waals surface area contributed by atoms with Crippen LogP contribution in [0.2, 0.25) is 0 Å². The Bertz CT molecular complexity index is 390. The summed E-state index contributed by atoms with van der Waals surface area (Å²) < 4.78 is 5.52. The molecule has 0 atom stereocenters. The molecule has 0 radical (unpaired) electrons. The number of unbranched alkanes of at least 4 members (excludes halogenated alkanes) is 1. The quantitative estimate of drug-likeness (QED) is 0.640. The number of ether oxygens (including phenoxy) is 1. The fraction of sp³-hybridized carbons (Fsp3) is 0.562. The molecule has 0 unspecified atom stereocenters. The second-order valence-electron chi connectivity index (χ2n) is 4.57. The van der Waals surface area contributed by atoms with E-state index in [4.69, 9.17) is 4.74 Å². The summed E-state index contributed by atoms with van der Waals surface area (Å²) in [6.07, 6.45) is 2.29. The fourth-order valence-electron chi connectivity index (χ4n) is 2.00. The monoisotopic (exact) mass is 263 g/mol. The second kappa shape index (κ2) is 8.70. The summed E-state index contributed by atoms with van der Waals surface area (Å²) in [6.45, 7) is 9.13. The number of Topliss-reactive ketones (excluding diaryl/α,β-unsaturated/α-hetero) is 1. The number of hydrogen-bond donors (Lipinski definition) is 0. The first-order valence-electron chi connectivity index (χ1n) is 7.20. The minimum absolute atomic E-state index is 0.141. The van der Waals surface area contributed by atoms with Crippen LogP contribution in [-0.2, 0) is 0 Å². The topological polar surface area (TPSA) is 29.5 Å². The third-order valence-corrected chi connectivity index (χ3v) is 3.13. The zero-order valence-electron chi connectivity index (χ0n) is 12.3. The van der Waals surface area contributed by atoms with E-state index in [0.717, 1.165) is 25.9 Å². The predicted octanol–water partition coefficient (Wildman–Crippen LogP) is 3.39. The van der Waals surface area contributed by atoms with Gasteiger partial charge in [0.15, 0.2) is 5.78 Å². The molecular weight excluding hydrogens is 238 g/mol. The van der Waals surface area contributed by atoms with Crippen LogP contribution >= 0.6 is 0 Å². The van der Waals surface area contributed by atoms with Crippen molar-refractivity contribution < 1.29 is 9.53 Å². The van der Waals surface area contributed by atoms with Gasteiger partial charge in [-0.15, -0.1) is 0 Å². The Morgan fingerprint density at radius 2 is 1.95 bits per heavy atom. The third-order valence-electron chi connectivity index (χ3n) is 3.13. The van der Waals surface area contributed by atoms with Crippen molar-refractivity contribution in [2.45, 2.75) is 33.6 Å². The van der Waals surface area contributed by atoms with Gasteiger partial charge in [-0.2, -0.15) is 0 Å². The van der Waals surface area contributed by atoms with Gasteiger partial charge in [-0.25, -0.2) is 0 Å². The van der Waals surface area contributed by atoms with Crippen LogP contribution in [0, 0.1) is 0 Å². The molecule has 19 heavy (non-hydrogen) atoms. The first kappa shape index (κ1) is 15.7. The number of rotatable bonds is 9. The highest BCUT2D eigenvalue weighted by Gasteiger charge is 2.14. The summed E-state index contributed by atoms with van der Waals surface area (Å²) in [4.78, 5) is 14.5. The van der Waals surface area contributed by atoms with Gasteiger partial charge < -0.3 is 4.74 Å². The smallest absolute Gasteiger partial charge is 0.180 e. The zero-order chi connectivity index (χ0) is 14.1. The van der Waals surface area contributed by atoms with Crippen molar-refractivity contribution in [3.8, 4) is 5.75 Å². The standard InChI is InChI=1S/C16H25NO2/c1-4-7-12-17(5-2)13-15(18)14-10-8-9-11-16(14)19-6-3/h8-11H,4-7,12-13H2,1-3H3. The van der Waals surface area contributed by atoms with Gasteiger partial charge in [0.1, 0.15) is 5.75 Å². The molecule has 0 saturated carbocycles. The highest BCUT2D eigenvalue weighted by molar-refractivity contribution is 6.00. The van der Waals surface area contributed by atoms with Gasteiger partial charge >= 0.3 is 0 Å². The van der Waals surface area contributed by atoms with Crippen molar-refractivity contribution in [1.29, 1.82) is 0 Å². The average molecular weight is 263 g/mol. The van der Waals surface area contributed by atoms with E-state index in [9.17, 15) is 4.79 Å². The SMILES string of the molecule is CCCCN(CC)CC(=O)c1ccccc1OCC. The molecule has 3 heteroatoms. The molecule has 3 nitrogen and oxygen atoms in total. The van der Waals surface area contributed by atoms with Crippen molar-refractivity contribution in [1.82, 2.24) is 4.90 Å². The molecule has 0 fully saturated rings. The van der Waals surface area contributed by atoms with Crippen molar-refractivity contribution in [2.24, 2.45) is 0 Å². The lowest BCUT2D eigenvalue weighted by Crippen LogP contribution is -2.30. The molecule has 1 aromatic rings. The van der Waals surface area contributed by atoms with Crippen LogP contribution in [0.15, 0.2) is 24.3 Å². The van der Waals surface area contributed by atoms with E-state index in [1.54, 1.807) is 0 Å². The number of ketones is 1. The molecule has 0 heterocycles. The fourth-order valence-corrected chi connectivity index (χ4v) is 2.00. The van der Waals surface area contributed by atoms with E-state index in [1.165, 1.54) is 0 Å². The Labute approximate surface area is 116 Å². The van der Waals surface area contributed by atoms with Gasteiger partial charge in [-0.1, -0.05) is 32.4 Å². The number of benzene rings is 1. The molecule has 0 amide bonds. The minimum atomic E-state index is 0.141. The number of para-hydroxylation sites is 1. The van der Waals surface area contributed by atoms with Crippen LogP contribution < -0.4 is 4.74 Å². The molecule has 106 valence electrons. The largest absolute Gasteiger partial charge is 0.493 e. The lowest BCUT2D eigenvalue weighted by atomic mass is 10.1. The zero-order valence-corrected chi connectivity index (χ0v) is 12.3. The van der Waals surface area contributed by atoms with E-state index in [-0.39, 0.29) is 5.78 Å². The lowest BCUT2D eigenvalue weighted by molar-refractivity contribution is 0.0929. The van der Waals surface area contributed by atoms with Gasteiger partial charge in [-0.3, -0.25) is 9.69 Å². The molecule has 0 aliphatic rings. The van der Waals surface area contributed by atoms with E-state index in [0.29, 0.717) is 24.5 Å². The van der Waals surface area contributed by atoms with Gasteiger partial charge in [-0.05, 0) is 38.6 Å². The highest BCUT2D eigenvalue weighted by atomic mass is 16.5. The summed E-state index contributed by atoms with van der Waals surface area (Å²) in [5.41, 5.74) is 0.694. The minimum Gasteiger partial charge on any atom is -0.493 e. The third kappa shape index (κ3) is 5.03. The van der Waals surface area contributed by atoms with E-state index < -0.39 is 0 Å². The summed E-state index contributed by atoms with van der Waals surface area (Å²) in [5.74, 6) is 0.837. The maximum absolute atomic E-state index is 12.4. The molecule has 0 aliphatic heterocycles. The first-order valence-corrected chi connectivity index (χ1v) is 7.20. The first-order chi connectivity index (χ1) is 9.22. The average Bonchev–Trinajstić information content (AvgIpc) is 2.44. The Hall–Kier alpha value is -1.35. The Morgan fingerprint density at radius 1 is 1.21 bits per heavy atom. The van der Waals surface area contributed by atoms with Crippen molar-refractivity contribution >= 4 is 5.78 Å². The van der Waals surface area contributed by atoms with Crippen molar-refractivity contribution in [3.63, 3.8) is 0 Å². The summed E-state index contributed by atoms with van der Waals surface area (Å²) in [6, 6.07) is 7.49. The Kier molecular flexibility index (Phi) is 7.19. The Morgan fingerprint density at radius 3 is 2.58 bits per heavy atom. The van der Waals surface area contributed by atoms with Crippen molar-refractivity contribution in [2.75, 3.05) is 26.2 Å². The molecule has 1 rings (SSSR count). The molecule has 0 spiro atoms. The number of likely N-dealkylation sites (N-methyl/N-ethyl adjacent to an activating group) is 1. The number of nitrogens with zero attached hydrogens (tertiary/aromatic N) is 1. The summed E-state index contributed by atoms with van der Waals surface area (Å²) in [7, 11) is 0. The van der Waals surface area contributed by atoms with Crippen LogP contribution in [0.3, 0.4) is 0 Å². The maximum Gasteiger partial charge on any atom is 0.180 e. The number of carbonyl (C=O) groups is 1. The van der Waals surface area contributed by atoms with Gasteiger partial charge in [0.25, 0.3) is 0 Å². The second-order valence-corrected chi connectivity index (χ2v) is 4.57. The Balaban J connectivity index is 2.71. The van der Waals surface area contributed by atoms with Crippen LogP contribution in [0.4, 0.5) is 0 Å². The molecule has 1 aromatic carbocycles. The molecular formula is C16H25NO2. The van der Waals surface area contributed by atoms with Crippen LogP contribution in [0.1, 0.15) is 44.0 Å². The molecule has 0 N–H and O–H groups in total. The van der Waals surface area contributed by atoms with E-state index >= 15 is 0 Å². The van der Waals surface area contributed by atoms with Crippen molar-refractivity contribution in [3.05, 3.63) is 29.8 Å². The lowest BCUT2D eigenvalue weighted by Gasteiger charge is -2.19. The van der Waals surface area contributed by atoms with Crippen LogP contribution in [0.25, 0.3) is 0 Å². The normalized spacial score (nSPS) is 10.7. The van der Waals surface area contributed by atoms with Gasteiger partial charge in [0, 0.05) is 0 Å². The highest BCUT2D eigenvalue weighted by Crippen LogP contribution is 2.18.